The summed E-state index contributed by atoms with van der Waals surface area (Å²) in [6.07, 6.45) is 4.14. The smallest absolute Gasteiger partial charge is 0.281 e. The molecule has 2 heterocycles. The second-order valence-electron chi connectivity index (χ2n) is 6.76. The maximum atomic E-state index is 12.5. The highest BCUT2D eigenvalue weighted by atomic mass is 32.2. The van der Waals surface area contributed by atoms with Gasteiger partial charge in [0.15, 0.2) is 0 Å². The molecule has 0 aromatic rings. The molecule has 0 saturated carbocycles. The molecule has 0 aromatic heterocycles. The van der Waals surface area contributed by atoms with E-state index in [9.17, 15) is 13.2 Å². The monoisotopic (exact) mass is 331 g/mol. The summed E-state index contributed by atoms with van der Waals surface area (Å²) >= 11 is 0. The molecule has 0 bridgehead atoms. The predicted octanol–water partition coefficient (Wildman–Crippen LogP) is 1.20. The van der Waals surface area contributed by atoms with Gasteiger partial charge in [0.1, 0.15) is 0 Å². The first kappa shape index (κ1) is 17.7. The quantitative estimate of drug-likeness (QED) is 0.795. The topological polar surface area (TPSA) is 69.7 Å². The van der Waals surface area contributed by atoms with Crippen LogP contribution in [0.1, 0.15) is 46.0 Å². The van der Waals surface area contributed by atoms with E-state index in [1.54, 1.807) is 8.61 Å². The van der Waals surface area contributed by atoms with Crippen LogP contribution >= 0.6 is 0 Å². The summed E-state index contributed by atoms with van der Waals surface area (Å²) < 4.78 is 28.1. The fourth-order valence-corrected chi connectivity index (χ4v) is 4.78. The average molecular weight is 331 g/mol. The average Bonchev–Trinajstić information content (AvgIpc) is 3.02. The van der Waals surface area contributed by atoms with Crippen molar-refractivity contribution < 1.29 is 13.2 Å². The SMILES string of the molecule is CC(C)CCNC(=O)C1CCN(S(=O)(=O)N2CCCC2)CC1. The van der Waals surface area contributed by atoms with Crippen LogP contribution in [0.4, 0.5) is 0 Å². The maximum absolute atomic E-state index is 12.5. The van der Waals surface area contributed by atoms with E-state index in [4.69, 9.17) is 0 Å². The van der Waals surface area contributed by atoms with Gasteiger partial charge < -0.3 is 5.32 Å². The number of carbonyl (C=O) groups is 1. The van der Waals surface area contributed by atoms with Crippen LogP contribution in [0.5, 0.6) is 0 Å². The Kier molecular flexibility index (Phi) is 6.23. The second kappa shape index (κ2) is 7.75. The van der Waals surface area contributed by atoms with Crippen LogP contribution in [0.15, 0.2) is 0 Å². The molecule has 2 saturated heterocycles. The third kappa shape index (κ3) is 4.43. The van der Waals surface area contributed by atoms with Crippen molar-refractivity contribution in [3.8, 4) is 0 Å². The van der Waals surface area contributed by atoms with Gasteiger partial charge in [-0.1, -0.05) is 13.8 Å². The molecule has 0 atom stereocenters. The summed E-state index contributed by atoms with van der Waals surface area (Å²) in [5.41, 5.74) is 0. The van der Waals surface area contributed by atoms with Crippen molar-refractivity contribution in [2.24, 2.45) is 11.8 Å². The minimum atomic E-state index is -3.30. The van der Waals surface area contributed by atoms with Gasteiger partial charge in [-0.3, -0.25) is 4.79 Å². The van der Waals surface area contributed by atoms with Gasteiger partial charge in [0.2, 0.25) is 5.91 Å². The number of hydrogen-bond acceptors (Lipinski definition) is 3. The molecule has 2 aliphatic heterocycles. The molecule has 128 valence electrons. The first-order valence-electron chi connectivity index (χ1n) is 8.44. The lowest BCUT2D eigenvalue weighted by Gasteiger charge is -2.33. The van der Waals surface area contributed by atoms with Gasteiger partial charge in [-0.05, 0) is 38.0 Å². The standard InChI is InChI=1S/C15H29N3O3S/c1-13(2)5-8-16-15(19)14-6-11-18(12-7-14)22(20,21)17-9-3-4-10-17/h13-14H,3-12H2,1-2H3,(H,16,19). The van der Waals surface area contributed by atoms with E-state index in [1.807, 2.05) is 0 Å². The lowest BCUT2D eigenvalue weighted by Crippen LogP contribution is -2.48. The summed E-state index contributed by atoms with van der Waals surface area (Å²) in [6, 6.07) is 0. The van der Waals surface area contributed by atoms with Gasteiger partial charge in [-0.25, -0.2) is 0 Å². The van der Waals surface area contributed by atoms with Crippen LogP contribution in [-0.4, -0.2) is 55.7 Å². The molecule has 1 N–H and O–H groups in total. The molecular formula is C15H29N3O3S. The molecule has 2 rings (SSSR count). The minimum Gasteiger partial charge on any atom is -0.356 e. The Labute approximate surface area is 134 Å². The normalized spacial score (nSPS) is 22.3. The lowest BCUT2D eigenvalue weighted by molar-refractivity contribution is -0.126. The molecule has 0 spiro atoms. The molecular weight excluding hydrogens is 302 g/mol. The first-order chi connectivity index (χ1) is 10.4. The Morgan fingerprint density at radius 2 is 1.64 bits per heavy atom. The Morgan fingerprint density at radius 3 is 2.18 bits per heavy atom. The van der Waals surface area contributed by atoms with Gasteiger partial charge >= 0.3 is 0 Å². The van der Waals surface area contributed by atoms with Gasteiger partial charge in [-0.15, -0.1) is 0 Å². The molecule has 2 aliphatic rings. The van der Waals surface area contributed by atoms with Crippen molar-refractivity contribution >= 4 is 16.1 Å². The Bertz CT molecular complexity index is 464. The van der Waals surface area contributed by atoms with E-state index in [0.29, 0.717) is 51.5 Å². The van der Waals surface area contributed by atoms with Crippen molar-refractivity contribution in [3.63, 3.8) is 0 Å². The summed E-state index contributed by atoms with van der Waals surface area (Å²) in [6.45, 7) is 7.17. The van der Waals surface area contributed by atoms with Crippen molar-refractivity contribution in [2.75, 3.05) is 32.7 Å². The van der Waals surface area contributed by atoms with E-state index in [2.05, 4.69) is 19.2 Å². The van der Waals surface area contributed by atoms with Crippen LogP contribution in [-0.2, 0) is 15.0 Å². The highest BCUT2D eigenvalue weighted by molar-refractivity contribution is 7.86. The van der Waals surface area contributed by atoms with E-state index < -0.39 is 10.2 Å². The van der Waals surface area contributed by atoms with Gasteiger partial charge in [-0.2, -0.15) is 17.0 Å². The molecule has 0 radical (unpaired) electrons. The first-order valence-corrected chi connectivity index (χ1v) is 9.84. The highest BCUT2D eigenvalue weighted by Gasteiger charge is 2.35. The van der Waals surface area contributed by atoms with Crippen molar-refractivity contribution in [1.82, 2.24) is 13.9 Å². The zero-order valence-corrected chi connectivity index (χ0v) is 14.6. The highest BCUT2D eigenvalue weighted by Crippen LogP contribution is 2.23. The van der Waals surface area contributed by atoms with Crippen LogP contribution < -0.4 is 5.32 Å². The molecule has 1 amide bonds. The fraction of sp³-hybridized carbons (Fsp3) is 0.933. The Morgan fingerprint density at radius 1 is 1.09 bits per heavy atom. The van der Waals surface area contributed by atoms with Crippen molar-refractivity contribution in [3.05, 3.63) is 0 Å². The fourth-order valence-electron chi connectivity index (χ4n) is 3.06. The van der Waals surface area contributed by atoms with Crippen LogP contribution in [0.25, 0.3) is 0 Å². The molecule has 0 unspecified atom stereocenters. The molecule has 6 nitrogen and oxygen atoms in total. The second-order valence-corrected chi connectivity index (χ2v) is 8.69. The van der Waals surface area contributed by atoms with Gasteiger partial charge in [0, 0.05) is 38.6 Å². The minimum absolute atomic E-state index is 0.0443. The lowest BCUT2D eigenvalue weighted by atomic mass is 9.97. The maximum Gasteiger partial charge on any atom is 0.281 e. The summed E-state index contributed by atoms with van der Waals surface area (Å²) in [4.78, 5) is 12.1. The largest absolute Gasteiger partial charge is 0.356 e. The molecule has 2 fully saturated rings. The number of nitrogens with zero attached hydrogens (tertiary/aromatic N) is 2. The Hall–Kier alpha value is -0.660. The third-order valence-corrected chi connectivity index (χ3v) is 6.60. The number of carbonyl (C=O) groups excluding carboxylic acids is 1. The van der Waals surface area contributed by atoms with E-state index in [-0.39, 0.29) is 11.8 Å². The number of piperidine rings is 1. The summed E-state index contributed by atoms with van der Waals surface area (Å²) in [5.74, 6) is 0.615. The number of rotatable bonds is 6. The summed E-state index contributed by atoms with van der Waals surface area (Å²) in [7, 11) is -3.30. The Balaban J connectivity index is 1.78. The zero-order chi connectivity index (χ0) is 16.2. The van der Waals surface area contributed by atoms with Gasteiger partial charge in [0.05, 0.1) is 0 Å². The van der Waals surface area contributed by atoms with E-state index in [0.717, 1.165) is 19.3 Å². The van der Waals surface area contributed by atoms with Crippen LogP contribution in [0.2, 0.25) is 0 Å². The molecule has 22 heavy (non-hydrogen) atoms. The zero-order valence-electron chi connectivity index (χ0n) is 13.8. The van der Waals surface area contributed by atoms with Crippen LogP contribution in [0, 0.1) is 11.8 Å². The number of amides is 1. The van der Waals surface area contributed by atoms with E-state index >= 15 is 0 Å². The summed E-state index contributed by atoms with van der Waals surface area (Å²) in [5, 5.41) is 2.98. The van der Waals surface area contributed by atoms with Crippen molar-refractivity contribution in [1.29, 1.82) is 0 Å². The predicted molar refractivity (Wildman–Crippen MR) is 86.5 cm³/mol. The number of nitrogens with one attached hydrogen (secondary N) is 1. The van der Waals surface area contributed by atoms with E-state index in [1.165, 1.54) is 0 Å². The molecule has 0 aromatic carbocycles. The van der Waals surface area contributed by atoms with Crippen molar-refractivity contribution in [2.45, 2.75) is 46.0 Å². The molecule has 7 heteroatoms. The van der Waals surface area contributed by atoms with Crippen LogP contribution in [0.3, 0.4) is 0 Å². The van der Waals surface area contributed by atoms with Gasteiger partial charge in [0.25, 0.3) is 10.2 Å². The number of hydrogen-bond donors (Lipinski definition) is 1. The third-order valence-electron chi connectivity index (χ3n) is 4.56. The molecule has 0 aliphatic carbocycles.